The molecule has 29 heavy (non-hydrogen) atoms. The van der Waals surface area contributed by atoms with E-state index in [1.54, 1.807) is 7.11 Å². The molecule has 1 aromatic heterocycles. The largest absolute Gasteiger partial charge is 0.497 e. The fraction of sp³-hybridized carbons (Fsp3) is 0.615. The highest BCUT2D eigenvalue weighted by molar-refractivity contribution is 5.62. The molecule has 158 valence electrons. The van der Waals surface area contributed by atoms with Crippen LogP contribution < -0.4 is 4.74 Å². The summed E-state index contributed by atoms with van der Waals surface area (Å²) in [7, 11) is 1.69. The summed E-state index contributed by atoms with van der Waals surface area (Å²) < 4.78 is 5.22. The number of hydrogen-bond acceptors (Lipinski definition) is 3. The molecule has 0 saturated heterocycles. The smallest absolute Gasteiger partial charge is 0.128 e. The molecule has 1 aliphatic rings. The molecule has 0 amide bonds. The van der Waals surface area contributed by atoms with Crippen LogP contribution in [0.15, 0.2) is 36.7 Å². The highest BCUT2D eigenvalue weighted by atomic mass is 16.5. The number of rotatable bonds is 11. The van der Waals surface area contributed by atoms with Crippen molar-refractivity contribution in [2.24, 2.45) is 11.8 Å². The Morgan fingerprint density at radius 1 is 0.793 bits per heavy atom. The van der Waals surface area contributed by atoms with E-state index in [9.17, 15) is 0 Å². The van der Waals surface area contributed by atoms with Gasteiger partial charge in [0, 0.05) is 24.4 Å². The van der Waals surface area contributed by atoms with Gasteiger partial charge in [0.05, 0.1) is 7.11 Å². The highest BCUT2D eigenvalue weighted by Gasteiger charge is 2.21. The summed E-state index contributed by atoms with van der Waals surface area (Å²) in [5, 5.41) is 0. The summed E-state index contributed by atoms with van der Waals surface area (Å²) >= 11 is 0. The van der Waals surface area contributed by atoms with Crippen molar-refractivity contribution in [3.63, 3.8) is 0 Å². The van der Waals surface area contributed by atoms with Crippen LogP contribution in [0.1, 0.15) is 83.4 Å². The molecule has 1 saturated carbocycles. The molecule has 0 atom stereocenters. The fourth-order valence-electron chi connectivity index (χ4n) is 4.60. The van der Waals surface area contributed by atoms with Crippen molar-refractivity contribution in [1.29, 1.82) is 0 Å². The predicted molar refractivity (Wildman–Crippen MR) is 121 cm³/mol. The Balaban J connectivity index is 1.36. The third kappa shape index (κ3) is 7.13. The van der Waals surface area contributed by atoms with Crippen molar-refractivity contribution in [1.82, 2.24) is 9.97 Å². The number of aryl methyl sites for hydroxylation is 1. The van der Waals surface area contributed by atoms with E-state index in [4.69, 9.17) is 4.74 Å². The van der Waals surface area contributed by atoms with Gasteiger partial charge in [-0.05, 0) is 36.0 Å². The van der Waals surface area contributed by atoms with Crippen molar-refractivity contribution in [3.8, 4) is 16.9 Å². The monoisotopic (exact) mass is 394 g/mol. The summed E-state index contributed by atoms with van der Waals surface area (Å²) in [5.74, 6) is 3.72. The maximum Gasteiger partial charge on any atom is 0.128 e. The molecule has 3 heteroatoms. The van der Waals surface area contributed by atoms with Gasteiger partial charge in [0.25, 0.3) is 0 Å². The van der Waals surface area contributed by atoms with Crippen LogP contribution >= 0.6 is 0 Å². The molecule has 2 aromatic rings. The standard InChI is InChI=1S/C26H38N2O/c1-3-4-5-6-7-8-21-9-11-22(12-10-21)13-18-26-27-19-24(20-28-26)23-14-16-25(29-2)17-15-23/h14-17,19-22H,3-13,18H2,1-2H3/t21-,22-. The number of hydrogen-bond donors (Lipinski definition) is 0. The van der Waals surface area contributed by atoms with Crippen LogP contribution in [0.4, 0.5) is 0 Å². The molecule has 1 heterocycles. The number of methoxy groups -OCH3 is 1. The van der Waals surface area contributed by atoms with E-state index in [-0.39, 0.29) is 0 Å². The molecule has 3 rings (SSSR count). The first kappa shape index (κ1) is 21.8. The zero-order valence-electron chi connectivity index (χ0n) is 18.4. The topological polar surface area (TPSA) is 35.0 Å². The third-order valence-corrected chi connectivity index (χ3v) is 6.59. The molecular formula is C26H38N2O. The minimum Gasteiger partial charge on any atom is -0.497 e. The first-order valence-corrected chi connectivity index (χ1v) is 11.7. The van der Waals surface area contributed by atoms with Gasteiger partial charge in [-0.1, -0.05) is 83.3 Å². The van der Waals surface area contributed by atoms with Crippen molar-refractivity contribution >= 4 is 0 Å². The number of aromatic nitrogens is 2. The van der Waals surface area contributed by atoms with Crippen molar-refractivity contribution in [2.45, 2.75) is 84.0 Å². The van der Waals surface area contributed by atoms with Crippen LogP contribution in [0.5, 0.6) is 5.75 Å². The average molecular weight is 395 g/mol. The fourth-order valence-corrected chi connectivity index (χ4v) is 4.60. The number of nitrogens with zero attached hydrogens (tertiary/aromatic N) is 2. The zero-order chi connectivity index (χ0) is 20.3. The molecule has 1 aromatic carbocycles. The van der Waals surface area contributed by atoms with Gasteiger partial charge < -0.3 is 4.74 Å². The Hall–Kier alpha value is -1.90. The molecule has 1 fully saturated rings. The van der Waals surface area contributed by atoms with Crippen LogP contribution in [0.25, 0.3) is 11.1 Å². The van der Waals surface area contributed by atoms with E-state index in [0.29, 0.717) is 0 Å². The highest BCUT2D eigenvalue weighted by Crippen LogP contribution is 2.34. The zero-order valence-corrected chi connectivity index (χ0v) is 18.4. The van der Waals surface area contributed by atoms with Gasteiger partial charge in [0.1, 0.15) is 11.6 Å². The van der Waals surface area contributed by atoms with Crippen molar-refractivity contribution in [3.05, 3.63) is 42.5 Å². The predicted octanol–water partition coefficient (Wildman–Crippen LogP) is 7.25. The summed E-state index contributed by atoms with van der Waals surface area (Å²) in [6.45, 7) is 2.29. The molecule has 0 unspecified atom stereocenters. The summed E-state index contributed by atoms with van der Waals surface area (Å²) in [6.07, 6.45) is 20.4. The first-order valence-electron chi connectivity index (χ1n) is 11.7. The summed E-state index contributed by atoms with van der Waals surface area (Å²) in [4.78, 5) is 9.24. The van der Waals surface area contributed by atoms with Gasteiger partial charge in [0.15, 0.2) is 0 Å². The SMILES string of the molecule is CCCCCCC[C@H]1CC[C@H](CCc2ncc(-c3ccc(OC)cc3)cn2)CC1. The van der Waals surface area contributed by atoms with Crippen LogP contribution in [-0.4, -0.2) is 17.1 Å². The molecular weight excluding hydrogens is 356 g/mol. The molecule has 0 aliphatic heterocycles. The van der Waals surface area contributed by atoms with Gasteiger partial charge in [-0.2, -0.15) is 0 Å². The van der Waals surface area contributed by atoms with Gasteiger partial charge in [-0.25, -0.2) is 9.97 Å². The van der Waals surface area contributed by atoms with Crippen molar-refractivity contribution in [2.75, 3.05) is 7.11 Å². The Morgan fingerprint density at radius 3 is 2.03 bits per heavy atom. The Labute approximate surface area is 177 Å². The Kier molecular flexibility index (Phi) is 8.98. The van der Waals surface area contributed by atoms with E-state index in [1.807, 2.05) is 24.5 Å². The Morgan fingerprint density at radius 2 is 1.41 bits per heavy atom. The second kappa shape index (κ2) is 11.9. The number of unbranched alkanes of at least 4 members (excludes halogenated alkanes) is 4. The first-order chi connectivity index (χ1) is 14.3. The maximum atomic E-state index is 5.22. The lowest BCUT2D eigenvalue weighted by atomic mass is 9.78. The van der Waals surface area contributed by atoms with E-state index in [1.165, 1.54) is 70.6 Å². The van der Waals surface area contributed by atoms with Crippen LogP contribution in [0.3, 0.4) is 0 Å². The van der Waals surface area contributed by atoms with Crippen LogP contribution in [-0.2, 0) is 6.42 Å². The molecule has 0 radical (unpaired) electrons. The van der Waals surface area contributed by atoms with Gasteiger partial charge >= 0.3 is 0 Å². The molecule has 0 N–H and O–H groups in total. The van der Waals surface area contributed by atoms with E-state index in [2.05, 4.69) is 29.0 Å². The lowest BCUT2D eigenvalue weighted by Crippen LogP contribution is -2.15. The lowest BCUT2D eigenvalue weighted by molar-refractivity contribution is 0.248. The van der Waals surface area contributed by atoms with E-state index < -0.39 is 0 Å². The van der Waals surface area contributed by atoms with Gasteiger partial charge in [-0.3, -0.25) is 0 Å². The molecule has 0 bridgehead atoms. The van der Waals surface area contributed by atoms with E-state index in [0.717, 1.165) is 41.0 Å². The molecule has 1 aliphatic carbocycles. The average Bonchev–Trinajstić information content (AvgIpc) is 2.79. The minimum atomic E-state index is 0.871. The van der Waals surface area contributed by atoms with Gasteiger partial charge in [-0.15, -0.1) is 0 Å². The molecule has 3 nitrogen and oxygen atoms in total. The third-order valence-electron chi connectivity index (χ3n) is 6.59. The van der Waals surface area contributed by atoms with Crippen LogP contribution in [0.2, 0.25) is 0 Å². The summed E-state index contributed by atoms with van der Waals surface area (Å²) in [6, 6.07) is 8.06. The Bertz CT molecular complexity index is 688. The van der Waals surface area contributed by atoms with Crippen LogP contribution in [0, 0.1) is 11.8 Å². The lowest BCUT2D eigenvalue weighted by Gasteiger charge is -2.28. The second-order valence-electron chi connectivity index (χ2n) is 8.74. The maximum absolute atomic E-state index is 5.22. The second-order valence-corrected chi connectivity index (χ2v) is 8.74. The minimum absolute atomic E-state index is 0.871. The van der Waals surface area contributed by atoms with Crippen molar-refractivity contribution < 1.29 is 4.74 Å². The van der Waals surface area contributed by atoms with E-state index >= 15 is 0 Å². The summed E-state index contributed by atoms with van der Waals surface area (Å²) in [5.41, 5.74) is 2.20. The normalized spacial score (nSPS) is 19.2. The molecule has 0 spiro atoms. The van der Waals surface area contributed by atoms with Gasteiger partial charge in [0.2, 0.25) is 0 Å². The number of benzene rings is 1. The quantitative estimate of drug-likeness (QED) is 0.376. The number of ether oxygens (including phenoxy) is 1.